The van der Waals surface area contributed by atoms with Gasteiger partial charge in [-0.05, 0) is 33.8 Å². The Morgan fingerprint density at radius 1 is 1.40 bits per heavy atom. The van der Waals surface area contributed by atoms with Crippen molar-refractivity contribution in [1.29, 1.82) is 0 Å². The van der Waals surface area contributed by atoms with Crippen LogP contribution in [0.15, 0.2) is 12.3 Å². The Morgan fingerprint density at radius 2 is 2.00 bits per heavy atom. The lowest BCUT2D eigenvalue weighted by molar-refractivity contribution is -0.137. The fourth-order valence-corrected chi connectivity index (χ4v) is 2.07. The van der Waals surface area contributed by atoms with Crippen molar-refractivity contribution in [3.63, 3.8) is 0 Å². The molecule has 0 unspecified atom stereocenters. The first-order valence-corrected chi connectivity index (χ1v) is 6.66. The van der Waals surface area contributed by atoms with Gasteiger partial charge < -0.3 is 10.0 Å². The van der Waals surface area contributed by atoms with Crippen LogP contribution in [0.1, 0.15) is 43.2 Å². The van der Waals surface area contributed by atoms with Crippen LogP contribution in [0.5, 0.6) is 0 Å². The zero-order valence-corrected chi connectivity index (χ0v) is 12.9. The second kappa shape index (κ2) is 6.22. The van der Waals surface area contributed by atoms with Crippen molar-refractivity contribution in [2.45, 2.75) is 39.7 Å². The van der Waals surface area contributed by atoms with Gasteiger partial charge in [0.15, 0.2) is 0 Å². The van der Waals surface area contributed by atoms with Crippen LogP contribution in [-0.4, -0.2) is 39.0 Å². The maximum atomic E-state index is 12.5. The summed E-state index contributed by atoms with van der Waals surface area (Å²) in [6.07, 6.45) is 1.32. The summed E-state index contributed by atoms with van der Waals surface area (Å²) in [4.78, 5) is 28.8. The molecule has 0 bridgehead atoms. The summed E-state index contributed by atoms with van der Waals surface area (Å²) in [6, 6.07) is 1.62. The van der Waals surface area contributed by atoms with Crippen LogP contribution in [0.2, 0.25) is 5.02 Å². The molecule has 20 heavy (non-hydrogen) atoms. The van der Waals surface area contributed by atoms with Gasteiger partial charge in [0.2, 0.25) is 0 Å². The van der Waals surface area contributed by atoms with E-state index in [0.29, 0.717) is 5.02 Å². The molecule has 0 fully saturated rings. The Hall–Kier alpha value is -1.62. The molecule has 110 valence electrons. The fourth-order valence-electron chi connectivity index (χ4n) is 1.78. The molecular formula is C14H19ClN2O3. The van der Waals surface area contributed by atoms with Crippen molar-refractivity contribution in [2.24, 2.45) is 0 Å². The molecule has 1 aromatic heterocycles. The van der Waals surface area contributed by atoms with Crippen LogP contribution in [0, 0.1) is 6.92 Å². The van der Waals surface area contributed by atoms with Crippen molar-refractivity contribution < 1.29 is 14.7 Å². The molecule has 0 saturated carbocycles. The van der Waals surface area contributed by atoms with E-state index >= 15 is 0 Å². The molecule has 0 spiro atoms. The van der Waals surface area contributed by atoms with Gasteiger partial charge in [0, 0.05) is 24.0 Å². The Balaban J connectivity index is 3.07. The second-order valence-corrected chi connectivity index (χ2v) is 5.98. The first kappa shape index (κ1) is 16.4. The summed E-state index contributed by atoms with van der Waals surface area (Å²) < 4.78 is 0. The molecule has 6 heteroatoms. The average Bonchev–Trinajstić information content (AvgIpc) is 2.26. The lowest BCUT2D eigenvalue weighted by Gasteiger charge is -2.35. The number of rotatable bonds is 4. The van der Waals surface area contributed by atoms with E-state index in [1.54, 1.807) is 13.0 Å². The zero-order valence-electron chi connectivity index (χ0n) is 12.1. The van der Waals surface area contributed by atoms with Crippen LogP contribution in [0.4, 0.5) is 0 Å². The van der Waals surface area contributed by atoms with Crippen LogP contribution < -0.4 is 0 Å². The van der Waals surface area contributed by atoms with Crippen LogP contribution >= 0.6 is 11.6 Å². The Morgan fingerprint density at radius 3 is 2.45 bits per heavy atom. The van der Waals surface area contributed by atoms with Crippen LogP contribution in [0.3, 0.4) is 0 Å². The highest BCUT2D eigenvalue weighted by Gasteiger charge is 2.29. The average molecular weight is 299 g/mol. The lowest BCUT2D eigenvalue weighted by atomic mass is 10.0. The minimum Gasteiger partial charge on any atom is -0.481 e. The summed E-state index contributed by atoms with van der Waals surface area (Å²) in [5.41, 5.74) is 0.512. The smallest absolute Gasteiger partial charge is 0.305 e. The largest absolute Gasteiger partial charge is 0.481 e. The summed E-state index contributed by atoms with van der Waals surface area (Å²) in [5.74, 6) is -1.25. The van der Waals surface area contributed by atoms with E-state index in [4.69, 9.17) is 16.7 Å². The SMILES string of the molecule is Cc1cc(Cl)c(C(=O)N(CCC(=O)O)C(C)(C)C)cn1. The van der Waals surface area contributed by atoms with E-state index in [9.17, 15) is 9.59 Å². The lowest BCUT2D eigenvalue weighted by Crippen LogP contribution is -2.46. The third-order valence-electron chi connectivity index (χ3n) is 2.82. The number of aryl methyl sites for hydroxylation is 1. The summed E-state index contributed by atoms with van der Waals surface area (Å²) in [6.45, 7) is 7.46. The van der Waals surface area contributed by atoms with Crippen molar-refractivity contribution in [3.8, 4) is 0 Å². The predicted octanol–water partition coefficient (Wildman–Crippen LogP) is 2.76. The normalized spacial score (nSPS) is 11.2. The third kappa shape index (κ3) is 4.20. The number of nitrogens with zero attached hydrogens (tertiary/aromatic N) is 2. The van der Waals surface area contributed by atoms with Gasteiger partial charge in [-0.25, -0.2) is 0 Å². The quantitative estimate of drug-likeness (QED) is 0.928. The van der Waals surface area contributed by atoms with E-state index in [1.165, 1.54) is 11.1 Å². The molecule has 1 N–H and O–H groups in total. The van der Waals surface area contributed by atoms with E-state index < -0.39 is 11.5 Å². The number of carbonyl (C=O) groups is 2. The molecule has 1 aromatic rings. The second-order valence-electron chi connectivity index (χ2n) is 5.58. The first-order chi connectivity index (χ1) is 9.12. The van der Waals surface area contributed by atoms with Gasteiger partial charge >= 0.3 is 5.97 Å². The van der Waals surface area contributed by atoms with Gasteiger partial charge in [0.25, 0.3) is 5.91 Å². The van der Waals surface area contributed by atoms with Crippen LogP contribution in [0.25, 0.3) is 0 Å². The molecule has 1 heterocycles. The minimum absolute atomic E-state index is 0.111. The zero-order chi connectivity index (χ0) is 15.5. The molecule has 0 saturated heterocycles. The molecule has 0 aromatic carbocycles. The van der Waals surface area contributed by atoms with E-state index in [2.05, 4.69) is 4.98 Å². The van der Waals surface area contributed by atoms with Crippen molar-refractivity contribution in [2.75, 3.05) is 6.54 Å². The van der Waals surface area contributed by atoms with E-state index in [0.717, 1.165) is 5.69 Å². The van der Waals surface area contributed by atoms with Gasteiger partial charge in [-0.1, -0.05) is 11.6 Å². The number of amides is 1. The maximum Gasteiger partial charge on any atom is 0.305 e. The van der Waals surface area contributed by atoms with Gasteiger partial charge in [-0.3, -0.25) is 14.6 Å². The molecular weight excluding hydrogens is 280 g/mol. The molecule has 1 rings (SSSR count). The van der Waals surface area contributed by atoms with Crippen molar-refractivity contribution >= 4 is 23.5 Å². The molecule has 5 nitrogen and oxygen atoms in total. The van der Waals surface area contributed by atoms with E-state index in [-0.39, 0.29) is 24.4 Å². The Kier molecular flexibility index (Phi) is 5.11. The molecule has 0 aliphatic heterocycles. The number of carboxylic acid groups (broad SMARTS) is 1. The molecule has 1 amide bonds. The topological polar surface area (TPSA) is 70.5 Å². The van der Waals surface area contributed by atoms with Crippen molar-refractivity contribution in [1.82, 2.24) is 9.88 Å². The number of hydrogen-bond acceptors (Lipinski definition) is 3. The predicted molar refractivity (Wildman–Crippen MR) is 77.0 cm³/mol. The number of aromatic nitrogens is 1. The van der Waals surface area contributed by atoms with Crippen molar-refractivity contribution in [3.05, 3.63) is 28.5 Å². The number of carboxylic acids is 1. The summed E-state index contributed by atoms with van der Waals surface area (Å²) >= 11 is 6.08. The molecule has 0 radical (unpaired) electrons. The van der Waals surface area contributed by atoms with Gasteiger partial charge in [-0.15, -0.1) is 0 Å². The van der Waals surface area contributed by atoms with Gasteiger partial charge in [0.05, 0.1) is 17.0 Å². The highest BCUT2D eigenvalue weighted by atomic mass is 35.5. The Bertz CT molecular complexity index is 524. The maximum absolute atomic E-state index is 12.5. The Labute approximate surface area is 123 Å². The summed E-state index contributed by atoms with van der Waals surface area (Å²) in [7, 11) is 0. The molecule has 0 aliphatic rings. The molecule has 0 atom stereocenters. The monoisotopic (exact) mass is 298 g/mol. The number of aliphatic carboxylic acids is 1. The number of hydrogen-bond donors (Lipinski definition) is 1. The number of halogens is 1. The van der Waals surface area contributed by atoms with Gasteiger partial charge in [-0.2, -0.15) is 0 Å². The first-order valence-electron chi connectivity index (χ1n) is 6.29. The number of pyridine rings is 1. The van der Waals surface area contributed by atoms with E-state index in [1.807, 2.05) is 20.8 Å². The summed E-state index contributed by atoms with van der Waals surface area (Å²) in [5, 5.41) is 9.12. The number of carbonyl (C=O) groups excluding carboxylic acids is 1. The fraction of sp³-hybridized carbons (Fsp3) is 0.500. The highest BCUT2D eigenvalue weighted by molar-refractivity contribution is 6.33. The molecule has 0 aliphatic carbocycles. The standard InChI is InChI=1S/C14H19ClN2O3/c1-9-7-11(15)10(8-16-9)13(20)17(14(2,3)4)6-5-12(18)19/h7-8H,5-6H2,1-4H3,(H,18,19). The third-order valence-corrected chi connectivity index (χ3v) is 3.14. The highest BCUT2D eigenvalue weighted by Crippen LogP contribution is 2.22. The van der Waals surface area contributed by atoms with Gasteiger partial charge in [0.1, 0.15) is 0 Å². The van der Waals surface area contributed by atoms with Crippen LogP contribution in [-0.2, 0) is 4.79 Å². The minimum atomic E-state index is -0.944.